The van der Waals surface area contributed by atoms with E-state index in [1.807, 2.05) is 18.2 Å². The van der Waals surface area contributed by atoms with E-state index in [-0.39, 0.29) is 11.4 Å². The van der Waals surface area contributed by atoms with Crippen LogP contribution in [0.5, 0.6) is 5.88 Å². The van der Waals surface area contributed by atoms with Gasteiger partial charge in [-0.2, -0.15) is 0 Å². The van der Waals surface area contributed by atoms with Crippen molar-refractivity contribution in [3.05, 3.63) is 58.4 Å². The minimum atomic E-state index is -0.223. The van der Waals surface area contributed by atoms with Crippen molar-refractivity contribution in [1.29, 1.82) is 0 Å². The van der Waals surface area contributed by atoms with Gasteiger partial charge in [-0.3, -0.25) is 4.79 Å². The lowest BCUT2D eigenvalue weighted by Crippen LogP contribution is -2.17. The predicted octanol–water partition coefficient (Wildman–Crippen LogP) is 1.85. The molecule has 0 unspecified atom stereocenters. The summed E-state index contributed by atoms with van der Waals surface area (Å²) in [5.41, 5.74) is 1.20. The predicted molar refractivity (Wildman–Crippen MR) is 58.4 cm³/mol. The van der Waals surface area contributed by atoms with Crippen molar-refractivity contribution >= 4 is 0 Å². The van der Waals surface area contributed by atoms with Crippen LogP contribution in [0.1, 0.15) is 5.56 Å². The molecule has 3 nitrogen and oxygen atoms in total. The summed E-state index contributed by atoms with van der Waals surface area (Å²) in [5.74, 6) is -0.0359. The van der Waals surface area contributed by atoms with Crippen molar-refractivity contribution in [2.45, 2.75) is 6.92 Å². The molecule has 0 saturated carbocycles. The molecule has 3 heteroatoms. The molecule has 1 N–H and O–H groups in total. The molecule has 0 aliphatic rings. The van der Waals surface area contributed by atoms with Gasteiger partial charge in [-0.15, -0.1) is 0 Å². The summed E-state index contributed by atoms with van der Waals surface area (Å²) in [6.45, 7) is 1.77. The van der Waals surface area contributed by atoms with E-state index >= 15 is 0 Å². The normalized spacial score (nSPS) is 10.2. The number of nitrogens with zero attached hydrogens (tertiary/aromatic N) is 1. The Morgan fingerprint density at radius 3 is 2.40 bits per heavy atom. The monoisotopic (exact) mass is 201 g/mol. The lowest BCUT2D eigenvalue weighted by Gasteiger charge is -2.08. The Bertz CT molecular complexity index is 529. The zero-order valence-corrected chi connectivity index (χ0v) is 8.34. The first-order valence-corrected chi connectivity index (χ1v) is 4.66. The van der Waals surface area contributed by atoms with Crippen LogP contribution in [0.4, 0.5) is 0 Å². The maximum atomic E-state index is 11.7. The van der Waals surface area contributed by atoms with Crippen LogP contribution in [0.2, 0.25) is 0 Å². The van der Waals surface area contributed by atoms with Gasteiger partial charge in [0.2, 0.25) is 0 Å². The maximum Gasteiger partial charge on any atom is 0.258 e. The Balaban J connectivity index is 2.69. The van der Waals surface area contributed by atoms with Crippen molar-refractivity contribution in [1.82, 2.24) is 4.57 Å². The Labute approximate surface area is 87.2 Å². The second kappa shape index (κ2) is 3.61. The summed E-state index contributed by atoms with van der Waals surface area (Å²) in [7, 11) is 0. The van der Waals surface area contributed by atoms with Crippen LogP contribution < -0.4 is 5.56 Å². The Kier molecular flexibility index (Phi) is 2.29. The third kappa shape index (κ3) is 1.76. The van der Waals surface area contributed by atoms with Gasteiger partial charge < -0.3 is 5.11 Å². The summed E-state index contributed by atoms with van der Waals surface area (Å²) in [4.78, 5) is 11.7. The van der Waals surface area contributed by atoms with Crippen LogP contribution >= 0.6 is 0 Å². The smallest absolute Gasteiger partial charge is 0.258 e. The number of aryl methyl sites for hydroxylation is 1. The van der Waals surface area contributed by atoms with Gasteiger partial charge in [0, 0.05) is 12.1 Å². The van der Waals surface area contributed by atoms with E-state index in [1.54, 1.807) is 25.1 Å². The van der Waals surface area contributed by atoms with Crippen molar-refractivity contribution in [3.8, 4) is 11.6 Å². The molecule has 0 fully saturated rings. The molecule has 1 aromatic heterocycles. The average Bonchev–Trinajstić information content (AvgIpc) is 2.17. The first kappa shape index (κ1) is 9.52. The number of benzene rings is 1. The highest BCUT2D eigenvalue weighted by molar-refractivity contribution is 5.37. The standard InChI is InChI=1S/C12H11NO2/c1-9-7-11(14)13(12(15)8-9)10-5-3-2-4-6-10/h2-8,14H,1H3. The second-order valence-electron chi connectivity index (χ2n) is 3.40. The Morgan fingerprint density at radius 1 is 1.13 bits per heavy atom. The Hall–Kier alpha value is -2.03. The fourth-order valence-corrected chi connectivity index (χ4v) is 1.52. The molecule has 0 aliphatic carbocycles. The van der Waals surface area contributed by atoms with Gasteiger partial charge in [0.05, 0.1) is 5.69 Å². The average molecular weight is 201 g/mol. The molecule has 0 saturated heterocycles. The summed E-state index contributed by atoms with van der Waals surface area (Å²) < 4.78 is 1.27. The number of hydrogen-bond donors (Lipinski definition) is 1. The van der Waals surface area contributed by atoms with Gasteiger partial charge in [0.25, 0.3) is 5.56 Å². The van der Waals surface area contributed by atoms with E-state index in [2.05, 4.69) is 0 Å². The molecule has 0 radical (unpaired) electrons. The molecular formula is C12H11NO2. The van der Waals surface area contributed by atoms with Gasteiger partial charge in [-0.1, -0.05) is 18.2 Å². The van der Waals surface area contributed by atoms with E-state index in [4.69, 9.17) is 0 Å². The largest absolute Gasteiger partial charge is 0.494 e. The molecule has 1 heterocycles. The first-order chi connectivity index (χ1) is 7.18. The number of rotatable bonds is 1. The second-order valence-corrected chi connectivity index (χ2v) is 3.40. The minimum Gasteiger partial charge on any atom is -0.494 e. The molecule has 1 aromatic carbocycles. The van der Waals surface area contributed by atoms with Gasteiger partial charge >= 0.3 is 0 Å². The third-order valence-corrected chi connectivity index (χ3v) is 2.17. The molecule has 2 aromatic rings. The first-order valence-electron chi connectivity index (χ1n) is 4.66. The van der Waals surface area contributed by atoms with Crippen LogP contribution in [0.3, 0.4) is 0 Å². The van der Waals surface area contributed by atoms with Crippen molar-refractivity contribution < 1.29 is 5.11 Å². The highest BCUT2D eigenvalue weighted by Crippen LogP contribution is 2.14. The molecule has 0 spiro atoms. The fraction of sp³-hybridized carbons (Fsp3) is 0.0833. The summed E-state index contributed by atoms with van der Waals surface area (Å²) in [6.07, 6.45) is 0. The maximum absolute atomic E-state index is 11.7. The molecule has 76 valence electrons. The number of hydrogen-bond acceptors (Lipinski definition) is 2. The quantitative estimate of drug-likeness (QED) is 0.765. The van der Waals surface area contributed by atoms with Crippen LogP contribution in [-0.2, 0) is 0 Å². The van der Waals surface area contributed by atoms with Crippen LogP contribution in [0, 0.1) is 6.92 Å². The number of aromatic nitrogens is 1. The molecule has 0 bridgehead atoms. The molecule has 2 rings (SSSR count). The van der Waals surface area contributed by atoms with Gasteiger partial charge in [-0.25, -0.2) is 4.57 Å². The summed E-state index contributed by atoms with van der Waals surface area (Å²) >= 11 is 0. The molecular weight excluding hydrogens is 190 g/mol. The lowest BCUT2D eigenvalue weighted by atomic mass is 10.2. The van der Waals surface area contributed by atoms with E-state index in [0.717, 1.165) is 5.56 Å². The number of pyridine rings is 1. The van der Waals surface area contributed by atoms with Crippen molar-refractivity contribution in [2.75, 3.05) is 0 Å². The molecule has 15 heavy (non-hydrogen) atoms. The number of para-hydroxylation sites is 1. The van der Waals surface area contributed by atoms with Gasteiger partial charge in [-0.05, 0) is 24.6 Å². The van der Waals surface area contributed by atoms with E-state index in [0.29, 0.717) is 5.69 Å². The van der Waals surface area contributed by atoms with E-state index in [1.165, 1.54) is 10.6 Å². The SMILES string of the molecule is Cc1cc(O)n(-c2ccccc2)c(=O)c1. The molecule has 0 atom stereocenters. The number of aromatic hydroxyl groups is 1. The van der Waals surface area contributed by atoms with Gasteiger partial charge in [0.15, 0.2) is 5.88 Å². The van der Waals surface area contributed by atoms with E-state index < -0.39 is 0 Å². The highest BCUT2D eigenvalue weighted by Gasteiger charge is 2.04. The molecule has 0 aliphatic heterocycles. The summed E-state index contributed by atoms with van der Waals surface area (Å²) in [5, 5.41) is 9.69. The third-order valence-electron chi connectivity index (χ3n) is 2.17. The van der Waals surface area contributed by atoms with Crippen molar-refractivity contribution in [2.24, 2.45) is 0 Å². The molecule has 0 amide bonds. The topological polar surface area (TPSA) is 42.2 Å². The zero-order valence-electron chi connectivity index (χ0n) is 8.34. The Morgan fingerprint density at radius 2 is 1.80 bits per heavy atom. The summed E-state index contributed by atoms with van der Waals surface area (Å²) in [6, 6.07) is 12.1. The zero-order chi connectivity index (χ0) is 10.8. The lowest BCUT2D eigenvalue weighted by molar-refractivity contribution is 0.435. The highest BCUT2D eigenvalue weighted by atomic mass is 16.3. The van der Waals surface area contributed by atoms with Crippen LogP contribution in [-0.4, -0.2) is 9.67 Å². The minimum absolute atomic E-state index is 0.0359. The van der Waals surface area contributed by atoms with Gasteiger partial charge in [0.1, 0.15) is 0 Å². The fourth-order valence-electron chi connectivity index (χ4n) is 1.52. The van der Waals surface area contributed by atoms with Crippen LogP contribution in [0.25, 0.3) is 5.69 Å². The van der Waals surface area contributed by atoms with E-state index in [9.17, 15) is 9.90 Å². The van der Waals surface area contributed by atoms with Crippen LogP contribution in [0.15, 0.2) is 47.3 Å². The van der Waals surface area contributed by atoms with Crippen molar-refractivity contribution in [3.63, 3.8) is 0 Å².